The van der Waals surface area contributed by atoms with Crippen molar-refractivity contribution >= 4 is 6.41 Å². The molecular formula is C27H35F3N6O. The summed E-state index contributed by atoms with van der Waals surface area (Å²) < 4.78 is 35.4. The highest BCUT2D eigenvalue weighted by atomic mass is 19.4. The predicted molar refractivity (Wildman–Crippen MR) is 138 cm³/mol. The topological polar surface area (TPSA) is 77.2 Å². The van der Waals surface area contributed by atoms with E-state index >= 15 is 0 Å². The molecular weight excluding hydrogens is 481 g/mol. The fourth-order valence-corrected chi connectivity index (χ4v) is 4.31. The number of carbonyl (C=O) groups is 1. The molecule has 3 aromatic rings. The van der Waals surface area contributed by atoms with Crippen molar-refractivity contribution in [2.24, 2.45) is 0 Å². The van der Waals surface area contributed by atoms with Gasteiger partial charge >= 0.3 is 6.18 Å². The molecule has 2 aromatic heterocycles. The van der Waals surface area contributed by atoms with Gasteiger partial charge in [-0.15, -0.1) is 0 Å². The van der Waals surface area contributed by atoms with E-state index in [2.05, 4.69) is 44.4 Å². The van der Waals surface area contributed by atoms with Crippen molar-refractivity contribution in [1.82, 2.24) is 30.3 Å². The molecule has 7 nitrogen and oxygen atoms in total. The number of aromatic nitrogens is 3. The number of hydrogen-bond acceptors (Lipinski definition) is 5. The number of aromatic amines is 1. The number of benzene rings is 1. The van der Waals surface area contributed by atoms with Crippen LogP contribution in [0.2, 0.25) is 0 Å². The quantitative estimate of drug-likeness (QED) is 0.506. The van der Waals surface area contributed by atoms with Crippen molar-refractivity contribution in [3.63, 3.8) is 0 Å². The number of pyridine rings is 1. The van der Waals surface area contributed by atoms with Gasteiger partial charge < -0.3 is 15.1 Å². The van der Waals surface area contributed by atoms with Gasteiger partial charge in [0.2, 0.25) is 6.41 Å². The first-order chi connectivity index (χ1) is 17.8. The number of likely N-dealkylation sites (tertiary alicyclic amines) is 1. The van der Waals surface area contributed by atoms with E-state index in [1.54, 1.807) is 6.07 Å². The van der Waals surface area contributed by atoms with Crippen LogP contribution in [0.4, 0.5) is 13.2 Å². The largest absolute Gasteiger partial charge is 0.416 e. The van der Waals surface area contributed by atoms with Gasteiger partial charge in [-0.05, 0) is 58.6 Å². The zero-order valence-corrected chi connectivity index (χ0v) is 21.3. The first kappa shape index (κ1) is 28.3. The number of carbonyl (C=O) groups excluding carboxylic acids is 1. The Morgan fingerprint density at radius 3 is 2.38 bits per heavy atom. The standard InChI is InChI=1S/C12H14N4.C8H16N2O.C7H5F3/c1-16-7-4-11-10(8-16)12(15-14-11)9-2-5-13-6-3-9;1-10-5-2-3-8(4-6-10)9-7-11;8-7(9,10)6-4-2-1-3-5-6/h2-3,5-6H,4,7-8H2,1H3,(H,14,15);7-8H,2-6H2,1H3,(H,9,11);1-5H. The van der Waals surface area contributed by atoms with Crippen LogP contribution < -0.4 is 5.32 Å². The molecule has 2 N–H and O–H groups in total. The molecule has 2 aliphatic rings. The van der Waals surface area contributed by atoms with Crippen molar-refractivity contribution in [2.45, 2.75) is 44.4 Å². The fraction of sp³-hybridized carbons (Fsp3) is 0.444. The summed E-state index contributed by atoms with van der Waals surface area (Å²) in [4.78, 5) is 18.8. The monoisotopic (exact) mass is 516 g/mol. The van der Waals surface area contributed by atoms with Gasteiger partial charge in [0.1, 0.15) is 0 Å². The molecule has 4 heterocycles. The van der Waals surface area contributed by atoms with Gasteiger partial charge in [0.15, 0.2) is 0 Å². The summed E-state index contributed by atoms with van der Waals surface area (Å²) in [7, 11) is 4.27. The van der Waals surface area contributed by atoms with Crippen LogP contribution in [0.5, 0.6) is 0 Å². The average Bonchev–Trinajstić information content (AvgIpc) is 3.20. The third kappa shape index (κ3) is 8.98. The Morgan fingerprint density at radius 1 is 1.00 bits per heavy atom. The van der Waals surface area contributed by atoms with E-state index in [1.807, 2.05) is 24.5 Å². The van der Waals surface area contributed by atoms with Gasteiger partial charge in [-0.3, -0.25) is 14.9 Å². The molecule has 0 radical (unpaired) electrons. The smallest absolute Gasteiger partial charge is 0.356 e. The second-order valence-electron chi connectivity index (χ2n) is 9.33. The number of nitrogens with zero attached hydrogens (tertiary/aromatic N) is 4. The highest BCUT2D eigenvalue weighted by Gasteiger charge is 2.29. The minimum absolute atomic E-state index is 0.414. The lowest BCUT2D eigenvalue weighted by molar-refractivity contribution is -0.137. The first-order valence-electron chi connectivity index (χ1n) is 12.4. The molecule has 0 aliphatic carbocycles. The van der Waals surface area contributed by atoms with E-state index in [0.29, 0.717) is 6.04 Å². The summed E-state index contributed by atoms with van der Waals surface area (Å²) in [5.41, 5.74) is 4.23. The molecule has 0 spiro atoms. The average molecular weight is 517 g/mol. The maximum atomic E-state index is 11.8. The molecule has 1 aromatic carbocycles. The third-order valence-corrected chi connectivity index (χ3v) is 6.43. The summed E-state index contributed by atoms with van der Waals surface area (Å²) >= 11 is 0. The number of halogens is 3. The zero-order valence-electron chi connectivity index (χ0n) is 21.3. The number of amides is 1. The van der Waals surface area contributed by atoms with Crippen molar-refractivity contribution in [1.29, 1.82) is 0 Å². The van der Waals surface area contributed by atoms with Crippen LogP contribution in [-0.2, 0) is 23.9 Å². The van der Waals surface area contributed by atoms with E-state index in [1.165, 1.54) is 29.8 Å². The van der Waals surface area contributed by atoms with Crippen molar-refractivity contribution < 1.29 is 18.0 Å². The van der Waals surface area contributed by atoms with E-state index in [0.717, 1.165) is 75.2 Å². The summed E-state index contributed by atoms with van der Waals surface area (Å²) in [5.74, 6) is 0. The van der Waals surface area contributed by atoms with Crippen LogP contribution in [0.25, 0.3) is 11.3 Å². The molecule has 1 atom stereocenters. The summed E-state index contributed by atoms with van der Waals surface area (Å²) in [5, 5.41) is 10.4. The lowest BCUT2D eigenvalue weighted by atomic mass is 10.0. The van der Waals surface area contributed by atoms with E-state index < -0.39 is 11.7 Å². The fourth-order valence-electron chi connectivity index (χ4n) is 4.31. The predicted octanol–water partition coefficient (Wildman–Crippen LogP) is 4.38. The maximum Gasteiger partial charge on any atom is 0.416 e. The van der Waals surface area contributed by atoms with Crippen LogP contribution in [0.3, 0.4) is 0 Å². The molecule has 1 saturated heterocycles. The lowest BCUT2D eigenvalue weighted by Crippen LogP contribution is -2.28. The van der Waals surface area contributed by atoms with E-state index in [9.17, 15) is 18.0 Å². The number of fused-ring (bicyclic) bond motifs is 1. The van der Waals surface area contributed by atoms with Gasteiger partial charge in [0.05, 0.1) is 11.3 Å². The molecule has 1 fully saturated rings. The number of alkyl halides is 3. The van der Waals surface area contributed by atoms with Gasteiger partial charge in [-0.2, -0.15) is 18.3 Å². The van der Waals surface area contributed by atoms with Crippen LogP contribution in [0.15, 0.2) is 54.9 Å². The third-order valence-electron chi connectivity index (χ3n) is 6.43. The van der Waals surface area contributed by atoms with Gasteiger partial charge in [-0.25, -0.2) is 0 Å². The Hall–Kier alpha value is -3.24. The molecule has 0 bridgehead atoms. The maximum absolute atomic E-state index is 11.8. The Bertz CT molecular complexity index is 1070. The summed E-state index contributed by atoms with van der Waals surface area (Å²) in [6.07, 6.45) is 4.70. The Balaban J connectivity index is 0.000000161. The Kier molecular flexibility index (Phi) is 10.6. The second-order valence-corrected chi connectivity index (χ2v) is 9.33. The zero-order chi connectivity index (χ0) is 26.7. The van der Waals surface area contributed by atoms with Crippen LogP contribution in [0, 0.1) is 0 Å². The van der Waals surface area contributed by atoms with E-state index in [4.69, 9.17) is 0 Å². The SMILES string of the molecule is CN1CCCC(NC=O)CC1.CN1CCc2[nH]nc(-c3ccncc3)c2C1.FC(F)(F)c1ccccc1. The molecule has 1 unspecified atom stereocenters. The highest BCUT2D eigenvalue weighted by molar-refractivity contribution is 5.63. The molecule has 2 aliphatic heterocycles. The van der Waals surface area contributed by atoms with Gasteiger partial charge in [-0.1, -0.05) is 30.3 Å². The minimum Gasteiger partial charge on any atom is -0.356 e. The number of likely N-dealkylation sites (N-methyl/N-ethyl adjacent to an activating group) is 1. The Labute approximate surface area is 216 Å². The first-order valence-corrected chi connectivity index (χ1v) is 12.4. The Morgan fingerprint density at radius 2 is 1.73 bits per heavy atom. The highest BCUT2D eigenvalue weighted by Crippen LogP contribution is 2.28. The summed E-state index contributed by atoms with van der Waals surface area (Å²) in [6.45, 7) is 4.34. The minimum atomic E-state index is -4.21. The molecule has 1 amide bonds. The number of H-pyrrole nitrogens is 1. The number of hydrogen-bond donors (Lipinski definition) is 2. The van der Waals surface area contributed by atoms with Crippen molar-refractivity contribution in [3.8, 4) is 11.3 Å². The van der Waals surface area contributed by atoms with Gasteiger partial charge in [0, 0.05) is 54.8 Å². The van der Waals surface area contributed by atoms with Crippen LogP contribution in [0.1, 0.15) is 36.1 Å². The van der Waals surface area contributed by atoms with Crippen LogP contribution >= 0.6 is 0 Å². The summed E-state index contributed by atoms with van der Waals surface area (Å²) in [6, 6.07) is 10.8. The second kappa shape index (κ2) is 13.9. The number of rotatable bonds is 3. The molecule has 5 rings (SSSR count). The van der Waals surface area contributed by atoms with Crippen molar-refractivity contribution in [3.05, 3.63) is 71.7 Å². The normalized spacial score (nSPS) is 18.2. The molecule has 0 saturated carbocycles. The lowest BCUT2D eigenvalue weighted by Gasteiger charge is -2.22. The van der Waals surface area contributed by atoms with Gasteiger partial charge in [0.25, 0.3) is 0 Å². The molecule has 37 heavy (non-hydrogen) atoms. The number of nitrogens with one attached hydrogen (secondary N) is 2. The van der Waals surface area contributed by atoms with Crippen molar-refractivity contribution in [2.75, 3.05) is 33.7 Å². The van der Waals surface area contributed by atoms with E-state index in [-0.39, 0.29) is 0 Å². The van der Waals surface area contributed by atoms with Crippen LogP contribution in [-0.4, -0.2) is 71.2 Å². The molecule has 10 heteroatoms. The molecule has 200 valence electrons.